The standard InChI is InChI=1S/C72H113F8N11O/c1-14-48(6)65-41-85-64(37-47(4)5)51(9)84-42-66-49(7)53(11)91(66)69(57-21-17-18-22-57)52(10)87-70(31-20-32-70)46-81-43-67(92-16-3)83-33-30-59(29-26-56-39-62(73)68(63(74)40-56)72(78,79)80)82-34-36-88(13)44-61(38-55-24-27-58(28-25-55)71(75,76)77)89(15-2)45-60-23-19-35-90(60)54(12)50(8)86-65/h24-25,27-28,30,33-34,36,39-40,44-45,47-54,57,64-67,69,81-82,84-87H,14-23,26,29,31-32,35,37-38,41-43,46H2,1-13H3/t48-,49+,50?,51?,52?,53?,54-,64-,65+,66?,67+,69+/m0/s1. The van der Waals surface area contributed by atoms with Gasteiger partial charge in [-0.2, -0.15) is 26.3 Å². The molecule has 92 heavy (non-hydrogen) atoms. The second kappa shape index (κ2) is 34.4. The van der Waals surface area contributed by atoms with Gasteiger partial charge < -0.3 is 51.3 Å². The lowest BCUT2D eigenvalue weighted by molar-refractivity contribution is -0.142. The van der Waals surface area contributed by atoms with Gasteiger partial charge in [0.05, 0.1) is 5.56 Å². The second-order valence-electron chi connectivity index (χ2n) is 28.0. The summed E-state index contributed by atoms with van der Waals surface area (Å²) in [7, 11) is 1.85. The molecule has 518 valence electrons. The lowest BCUT2D eigenvalue weighted by Gasteiger charge is -2.60. The average Bonchev–Trinajstić information content (AvgIpc) is 0.988. The van der Waals surface area contributed by atoms with Crippen molar-refractivity contribution in [1.29, 1.82) is 0 Å². The van der Waals surface area contributed by atoms with E-state index in [0.29, 0.717) is 79.2 Å². The molecule has 3 aliphatic heterocycles. The fourth-order valence-electron chi connectivity index (χ4n) is 15.0. The van der Waals surface area contributed by atoms with E-state index < -0.39 is 41.3 Å². The van der Waals surface area contributed by atoms with E-state index >= 15 is 0 Å². The molecule has 5 aliphatic rings. The number of nitrogens with zero attached hydrogens (tertiary/aromatic N) is 5. The number of rotatable bonds is 13. The Bertz CT molecular complexity index is 2720. The summed E-state index contributed by atoms with van der Waals surface area (Å²) >= 11 is 0. The molecule has 6 N–H and O–H groups in total. The lowest BCUT2D eigenvalue weighted by atomic mass is 9.73. The van der Waals surface area contributed by atoms with E-state index in [4.69, 9.17) is 9.73 Å². The third kappa shape index (κ3) is 20.5. The van der Waals surface area contributed by atoms with Crippen LogP contribution in [0.5, 0.6) is 0 Å². The van der Waals surface area contributed by atoms with Gasteiger partial charge in [-0.05, 0) is 178 Å². The summed E-state index contributed by atoms with van der Waals surface area (Å²) in [6.07, 6.45) is 13.4. The van der Waals surface area contributed by atoms with E-state index in [-0.39, 0.29) is 60.2 Å². The molecule has 0 aromatic heterocycles. The summed E-state index contributed by atoms with van der Waals surface area (Å²) in [5.74, 6) is -1.26. The van der Waals surface area contributed by atoms with Crippen molar-refractivity contribution in [2.45, 2.75) is 251 Å². The fraction of sp³-hybridized carbons (Fsp3) is 0.708. The molecule has 20 heteroatoms. The van der Waals surface area contributed by atoms with Gasteiger partial charge in [0.2, 0.25) is 0 Å². The van der Waals surface area contributed by atoms with Gasteiger partial charge in [0, 0.05) is 167 Å². The van der Waals surface area contributed by atoms with Crippen LogP contribution in [0.2, 0.25) is 0 Å². The van der Waals surface area contributed by atoms with Crippen molar-refractivity contribution in [2.75, 3.05) is 52.9 Å². The Morgan fingerprint density at radius 2 is 1.47 bits per heavy atom. The molecule has 2 saturated carbocycles. The SMILES string of the molecule is CCO[C@@H]1CNCC2(CCC2)NC(C)[C@H](C2CCCC2)N2C(C)[C@@H](C)C2CNC(C)[C@H](CC(C)C)NC[C@H]([C@@H](C)CC)NC(C)[C@H](C)N2CCCC2=CN(CC)C(Cc2ccc(C(F)(F)F)cc2)=CN(C)C=CNC(CCc2cc(F)c(C(F)(F)F)c(F)c2)=CC=N1. The molecule has 2 aromatic carbocycles. The summed E-state index contributed by atoms with van der Waals surface area (Å²) in [4.78, 5) is 14.2. The number of ether oxygens (including phenoxy) is 1. The minimum absolute atomic E-state index is 0.00335. The van der Waals surface area contributed by atoms with Crippen LogP contribution in [0.4, 0.5) is 35.1 Å². The number of benzene rings is 2. The van der Waals surface area contributed by atoms with E-state index in [1.54, 1.807) is 24.7 Å². The monoisotopic (exact) mass is 1300 g/mol. The smallest absolute Gasteiger partial charge is 0.369 e. The highest BCUT2D eigenvalue weighted by Crippen LogP contribution is 2.43. The van der Waals surface area contributed by atoms with Crippen molar-refractivity contribution in [3.8, 4) is 0 Å². The maximum absolute atomic E-state index is 14.9. The van der Waals surface area contributed by atoms with Gasteiger partial charge in [-0.1, -0.05) is 66.0 Å². The summed E-state index contributed by atoms with van der Waals surface area (Å²) in [5.41, 5.74) is 0.574. The molecule has 0 radical (unpaired) electrons. The summed E-state index contributed by atoms with van der Waals surface area (Å²) in [5, 5.41) is 23.7. The van der Waals surface area contributed by atoms with Crippen LogP contribution in [0, 0.1) is 35.3 Å². The molecule has 12 nitrogen and oxygen atoms in total. The van der Waals surface area contributed by atoms with Crippen molar-refractivity contribution < 1.29 is 39.9 Å². The van der Waals surface area contributed by atoms with Crippen molar-refractivity contribution in [1.82, 2.24) is 51.5 Å². The number of hydrogen-bond donors (Lipinski definition) is 6. The molecule has 5 unspecified atom stereocenters. The van der Waals surface area contributed by atoms with E-state index in [1.165, 1.54) is 43.5 Å². The molecule has 2 aromatic rings. The van der Waals surface area contributed by atoms with Crippen molar-refractivity contribution in [2.24, 2.45) is 28.7 Å². The number of halogens is 8. The van der Waals surface area contributed by atoms with Gasteiger partial charge >= 0.3 is 12.4 Å². The van der Waals surface area contributed by atoms with Gasteiger partial charge in [0.1, 0.15) is 17.2 Å². The first-order chi connectivity index (χ1) is 43.6. The van der Waals surface area contributed by atoms with E-state index in [0.717, 1.165) is 101 Å². The Morgan fingerprint density at radius 3 is 2.08 bits per heavy atom. The Balaban J connectivity index is 1.23. The fourth-order valence-corrected chi connectivity index (χ4v) is 15.0. The molecular weight excluding hydrogens is 1190 g/mol. The van der Waals surface area contributed by atoms with E-state index in [1.807, 2.05) is 25.1 Å². The van der Waals surface area contributed by atoms with Gasteiger partial charge in [-0.3, -0.25) is 9.89 Å². The summed E-state index contributed by atoms with van der Waals surface area (Å²) in [6, 6.07) is 9.26. The van der Waals surface area contributed by atoms with Crippen LogP contribution < -0.4 is 31.9 Å². The highest BCUT2D eigenvalue weighted by atomic mass is 19.4. The van der Waals surface area contributed by atoms with E-state index in [2.05, 4.69) is 129 Å². The molecular formula is C72H113F8N11O. The van der Waals surface area contributed by atoms with E-state index in [9.17, 15) is 35.1 Å². The van der Waals surface area contributed by atoms with Crippen LogP contribution in [-0.2, 0) is 29.9 Å². The largest absolute Gasteiger partial charge is 0.422 e. The topological polar surface area (TPSA) is 107 Å². The maximum atomic E-state index is 14.9. The predicted molar refractivity (Wildman–Crippen MR) is 357 cm³/mol. The van der Waals surface area contributed by atoms with Crippen molar-refractivity contribution in [3.63, 3.8) is 0 Å². The first-order valence-corrected chi connectivity index (χ1v) is 34.8. The van der Waals surface area contributed by atoms with Gasteiger partial charge in [-0.25, -0.2) is 8.78 Å². The van der Waals surface area contributed by atoms with Crippen molar-refractivity contribution in [3.05, 3.63) is 118 Å². The normalized spacial score (nSPS) is 29.2. The number of allylic oxidation sites excluding steroid dienone is 4. The lowest BCUT2D eigenvalue weighted by Crippen LogP contribution is -2.74. The zero-order chi connectivity index (χ0) is 67.1. The number of fused-ring (bicyclic) bond motifs is 2. The van der Waals surface area contributed by atoms with Crippen LogP contribution in [0.1, 0.15) is 182 Å². The molecule has 3 heterocycles. The molecule has 1 spiro atoms. The highest BCUT2D eigenvalue weighted by Gasteiger charge is 2.51. The van der Waals surface area contributed by atoms with Crippen LogP contribution in [0.15, 0.2) is 89.4 Å². The minimum Gasteiger partial charge on any atom is -0.369 e. The quantitative estimate of drug-likeness (QED) is 0.108. The van der Waals surface area contributed by atoms with Crippen molar-refractivity contribution >= 4 is 6.21 Å². The molecule has 0 amide bonds. The zero-order valence-electron chi connectivity index (χ0n) is 57.5. The van der Waals surface area contributed by atoms with Crippen LogP contribution in [0.3, 0.4) is 0 Å². The molecule has 7 rings (SSSR count). The summed E-state index contributed by atoms with van der Waals surface area (Å²) < 4.78 is 118. The number of alkyl halides is 6. The van der Waals surface area contributed by atoms with Gasteiger partial charge in [-0.15, -0.1) is 0 Å². The Hall–Kier alpha value is -4.57. The maximum Gasteiger partial charge on any atom is 0.422 e. The van der Waals surface area contributed by atoms with Crippen LogP contribution in [0.25, 0.3) is 0 Å². The number of aryl methyl sites for hydroxylation is 1. The molecule has 0 bridgehead atoms. The molecule has 2 aliphatic carbocycles. The van der Waals surface area contributed by atoms with Gasteiger partial charge in [0.15, 0.2) is 6.23 Å². The molecule has 12 atom stereocenters. The number of nitrogens with one attached hydrogen (secondary N) is 6. The first-order valence-electron chi connectivity index (χ1n) is 34.8. The van der Waals surface area contributed by atoms with Crippen LogP contribution in [-0.4, -0.2) is 145 Å². The molecule has 2 saturated heterocycles. The third-order valence-electron chi connectivity index (χ3n) is 21.0. The summed E-state index contributed by atoms with van der Waals surface area (Å²) in [6.45, 7) is 32.4. The number of aliphatic imine (C=N–C) groups is 1. The van der Waals surface area contributed by atoms with Crippen LogP contribution >= 0.6 is 0 Å². The Kier molecular flexibility index (Phi) is 28.0. The third-order valence-corrected chi connectivity index (χ3v) is 21.0. The zero-order valence-corrected chi connectivity index (χ0v) is 57.5. The Labute approximate surface area is 546 Å². The highest BCUT2D eigenvalue weighted by molar-refractivity contribution is 5.72. The second-order valence-corrected chi connectivity index (χ2v) is 28.0. The molecule has 4 fully saturated rings. The predicted octanol–water partition coefficient (Wildman–Crippen LogP) is 14.1. The average molecular weight is 1300 g/mol. The number of hydrogen-bond acceptors (Lipinski definition) is 12. The van der Waals surface area contributed by atoms with Gasteiger partial charge in [0.25, 0.3) is 0 Å². The first kappa shape index (κ1) is 74.8. The number of likely N-dealkylation sites (N-methyl/N-ethyl adjacent to an activating group) is 1. The Morgan fingerprint density at radius 1 is 0.772 bits per heavy atom. The minimum atomic E-state index is -5.20.